The first kappa shape index (κ1) is 14.5. The number of rotatable bonds is 6. The minimum absolute atomic E-state index is 0.0163. The van der Waals surface area contributed by atoms with Crippen molar-refractivity contribution in [2.75, 3.05) is 19.6 Å². The van der Waals surface area contributed by atoms with Crippen LogP contribution in [0.1, 0.15) is 40.0 Å². The highest BCUT2D eigenvalue weighted by Gasteiger charge is 2.25. The molecule has 0 aliphatic carbocycles. The summed E-state index contributed by atoms with van der Waals surface area (Å²) in [6.45, 7) is 9.43. The smallest absolute Gasteiger partial charge is 0.236 e. The highest BCUT2D eigenvalue weighted by atomic mass is 16.2. The molecule has 3 N–H and O–H groups in total. The number of carbonyl (C=O) groups is 1. The van der Waals surface area contributed by atoms with Crippen LogP contribution in [0.5, 0.6) is 0 Å². The summed E-state index contributed by atoms with van der Waals surface area (Å²) in [5.74, 6) is 0.545. The number of nitrogens with two attached hydrogens (primary N) is 1. The Bertz CT molecular complexity index is 237. The molecular formula is C13H27N3O. The molecule has 0 spiro atoms. The maximum absolute atomic E-state index is 11.7. The van der Waals surface area contributed by atoms with Gasteiger partial charge in [-0.3, -0.25) is 9.69 Å². The topological polar surface area (TPSA) is 58.4 Å². The second-order valence-electron chi connectivity index (χ2n) is 5.31. The van der Waals surface area contributed by atoms with Crippen LogP contribution in [-0.4, -0.2) is 42.5 Å². The Morgan fingerprint density at radius 1 is 1.35 bits per heavy atom. The number of likely N-dealkylation sites (tertiary alicyclic amines) is 1. The van der Waals surface area contributed by atoms with Crippen molar-refractivity contribution in [3.8, 4) is 0 Å². The van der Waals surface area contributed by atoms with Gasteiger partial charge in [0, 0.05) is 12.6 Å². The molecule has 4 heteroatoms. The van der Waals surface area contributed by atoms with Crippen LogP contribution < -0.4 is 11.1 Å². The van der Waals surface area contributed by atoms with Gasteiger partial charge in [-0.2, -0.15) is 0 Å². The molecule has 1 aliphatic heterocycles. The van der Waals surface area contributed by atoms with Gasteiger partial charge in [0.2, 0.25) is 5.91 Å². The van der Waals surface area contributed by atoms with Gasteiger partial charge >= 0.3 is 0 Å². The van der Waals surface area contributed by atoms with Gasteiger partial charge in [-0.1, -0.05) is 20.8 Å². The molecule has 2 unspecified atom stereocenters. The van der Waals surface area contributed by atoms with Crippen LogP contribution in [0.25, 0.3) is 0 Å². The van der Waals surface area contributed by atoms with Crippen LogP contribution in [0.4, 0.5) is 0 Å². The third-order valence-electron chi connectivity index (χ3n) is 3.64. The monoisotopic (exact) mass is 241 g/mol. The second kappa shape index (κ2) is 6.97. The fourth-order valence-electron chi connectivity index (χ4n) is 2.38. The van der Waals surface area contributed by atoms with Gasteiger partial charge in [0.15, 0.2) is 0 Å². The van der Waals surface area contributed by atoms with Gasteiger partial charge in [0.1, 0.15) is 0 Å². The van der Waals surface area contributed by atoms with Gasteiger partial charge in [-0.25, -0.2) is 0 Å². The van der Waals surface area contributed by atoms with E-state index in [0.29, 0.717) is 18.4 Å². The first-order valence-corrected chi connectivity index (χ1v) is 6.83. The average Bonchev–Trinajstić information content (AvgIpc) is 2.81. The summed E-state index contributed by atoms with van der Waals surface area (Å²) >= 11 is 0. The number of nitrogens with one attached hydrogen (secondary N) is 1. The summed E-state index contributed by atoms with van der Waals surface area (Å²) in [6, 6.07) is 0.0897. The SMILES string of the molecule is CCC(N)C(=O)NCC(C(C)C)N1CCCC1. The Morgan fingerprint density at radius 3 is 2.41 bits per heavy atom. The van der Waals surface area contributed by atoms with E-state index < -0.39 is 0 Å². The lowest BCUT2D eigenvalue weighted by molar-refractivity contribution is -0.122. The first-order valence-electron chi connectivity index (χ1n) is 6.83. The molecule has 17 heavy (non-hydrogen) atoms. The normalized spacial score (nSPS) is 20.5. The van der Waals surface area contributed by atoms with Crippen LogP contribution in [-0.2, 0) is 4.79 Å². The molecule has 100 valence electrons. The second-order valence-corrected chi connectivity index (χ2v) is 5.31. The Labute approximate surface area is 105 Å². The molecule has 1 heterocycles. The van der Waals surface area contributed by atoms with Crippen molar-refractivity contribution < 1.29 is 4.79 Å². The van der Waals surface area contributed by atoms with Crippen molar-refractivity contribution in [1.29, 1.82) is 0 Å². The Kier molecular flexibility index (Phi) is 5.92. The van der Waals surface area contributed by atoms with Gasteiger partial charge in [-0.05, 0) is 38.3 Å². The number of hydrogen-bond acceptors (Lipinski definition) is 3. The summed E-state index contributed by atoms with van der Waals surface area (Å²) in [5, 5.41) is 2.99. The maximum atomic E-state index is 11.7. The van der Waals surface area contributed by atoms with Crippen LogP contribution in [0.3, 0.4) is 0 Å². The van der Waals surface area contributed by atoms with E-state index in [2.05, 4.69) is 24.1 Å². The molecule has 1 fully saturated rings. The molecule has 2 atom stereocenters. The van der Waals surface area contributed by atoms with E-state index in [0.717, 1.165) is 6.54 Å². The number of amides is 1. The van der Waals surface area contributed by atoms with Gasteiger partial charge in [0.25, 0.3) is 0 Å². The maximum Gasteiger partial charge on any atom is 0.236 e. The van der Waals surface area contributed by atoms with Crippen molar-refractivity contribution >= 4 is 5.91 Å². The third kappa shape index (κ3) is 4.28. The van der Waals surface area contributed by atoms with E-state index in [1.165, 1.54) is 25.9 Å². The van der Waals surface area contributed by atoms with Gasteiger partial charge in [-0.15, -0.1) is 0 Å². The number of carbonyl (C=O) groups excluding carboxylic acids is 1. The summed E-state index contributed by atoms with van der Waals surface area (Å²) in [5.41, 5.74) is 5.71. The van der Waals surface area contributed by atoms with E-state index in [1.54, 1.807) is 0 Å². The van der Waals surface area contributed by atoms with Crippen LogP contribution in [0.2, 0.25) is 0 Å². The summed E-state index contributed by atoms with van der Waals surface area (Å²) in [6.07, 6.45) is 3.26. The van der Waals surface area contributed by atoms with Crippen LogP contribution >= 0.6 is 0 Å². The summed E-state index contributed by atoms with van der Waals surface area (Å²) in [7, 11) is 0. The molecule has 0 radical (unpaired) electrons. The van der Waals surface area contributed by atoms with E-state index in [1.807, 2.05) is 6.92 Å². The van der Waals surface area contributed by atoms with Crippen molar-refractivity contribution in [2.24, 2.45) is 11.7 Å². The standard InChI is InChI=1S/C13H27N3O/c1-4-11(14)13(17)15-9-12(10(2)3)16-7-5-6-8-16/h10-12H,4-9,14H2,1-3H3,(H,15,17). The fourth-order valence-corrected chi connectivity index (χ4v) is 2.38. The lowest BCUT2D eigenvalue weighted by Gasteiger charge is -2.31. The van der Waals surface area contributed by atoms with Crippen molar-refractivity contribution in [2.45, 2.75) is 52.1 Å². The zero-order valence-corrected chi connectivity index (χ0v) is 11.4. The van der Waals surface area contributed by atoms with Gasteiger partial charge in [0.05, 0.1) is 6.04 Å². The Hall–Kier alpha value is -0.610. The lowest BCUT2D eigenvalue weighted by atomic mass is 10.0. The molecular weight excluding hydrogens is 214 g/mol. The Balaban J connectivity index is 2.41. The predicted molar refractivity (Wildman–Crippen MR) is 70.7 cm³/mol. The van der Waals surface area contributed by atoms with Crippen LogP contribution in [0.15, 0.2) is 0 Å². The molecule has 0 aromatic heterocycles. The molecule has 1 rings (SSSR count). The van der Waals surface area contributed by atoms with Crippen LogP contribution in [0, 0.1) is 5.92 Å². The molecule has 0 aromatic carbocycles. The molecule has 0 aromatic rings. The van der Waals surface area contributed by atoms with E-state index >= 15 is 0 Å². The third-order valence-corrected chi connectivity index (χ3v) is 3.64. The largest absolute Gasteiger partial charge is 0.353 e. The molecule has 0 bridgehead atoms. The number of nitrogens with zero attached hydrogens (tertiary/aromatic N) is 1. The highest BCUT2D eigenvalue weighted by molar-refractivity contribution is 5.81. The molecule has 1 aliphatic rings. The summed E-state index contributed by atoms with van der Waals surface area (Å²) < 4.78 is 0. The van der Waals surface area contributed by atoms with Crippen molar-refractivity contribution in [1.82, 2.24) is 10.2 Å². The fraction of sp³-hybridized carbons (Fsp3) is 0.923. The first-order chi connectivity index (χ1) is 8.06. The number of hydrogen-bond donors (Lipinski definition) is 2. The van der Waals surface area contributed by atoms with E-state index in [9.17, 15) is 4.79 Å². The molecule has 1 saturated heterocycles. The van der Waals surface area contributed by atoms with E-state index in [4.69, 9.17) is 5.73 Å². The minimum Gasteiger partial charge on any atom is -0.353 e. The molecule has 0 saturated carbocycles. The average molecular weight is 241 g/mol. The quantitative estimate of drug-likeness (QED) is 0.728. The zero-order chi connectivity index (χ0) is 12.8. The van der Waals surface area contributed by atoms with Crippen molar-refractivity contribution in [3.63, 3.8) is 0 Å². The lowest BCUT2D eigenvalue weighted by Crippen LogP contribution is -2.49. The molecule has 4 nitrogen and oxygen atoms in total. The van der Waals surface area contributed by atoms with Crippen molar-refractivity contribution in [3.05, 3.63) is 0 Å². The van der Waals surface area contributed by atoms with Gasteiger partial charge < -0.3 is 11.1 Å². The predicted octanol–water partition coefficient (Wildman–Crippen LogP) is 0.960. The zero-order valence-electron chi connectivity index (χ0n) is 11.4. The summed E-state index contributed by atoms with van der Waals surface area (Å²) in [4.78, 5) is 14.1. The van der Waals surface area contributed by atoms with E-state index in [-0.39, 0.29) is 11.9 Å². The minimum atomic E-state index is -0.360. The molecule has 1 amide bonds. The Morgan fingerprint density at radius 2 is 1.94 bits per heavy atom. The highest BCUT2D eigenvalue weighted by Crippen LogP contribution is 2.17.